The maximum atomic E-state index is 12.4. The van der Waals surface area contributed by atoms with Crippen LogP contribution < -0.4 is 5.32 Å². The molecular formula is C17H14N4OS2. The highest BCUT2D eigenvalue weighted by Gasteiger charge is 2.12. The van der Waals surface area contributed by atoms with Crippen molar-refractivity contribution in [3.63, 3.8) is 0 Å². The Bertz CT molecular complexity index is 1040. The van der Waals surface area contributed by atoms with Gasteiger partial charge in [-0.2, -0.15) is 0 Å². The third kappa shape index (κ3) is 2.83. The maximum Gasteiger partial charge on any atom is 0.272 e. The van der Waals surface area contributed by atoms with Crippen molar-refractivity contribution in [3.8, 4) is 11.3 Å². The van der Waals surface area contributed by atoms with E-state index in [9.17, 15) is 4.79 Å². The van der Waals surface area contributed by atoms with E-state index in [2.05, 4.69) is 20.3 Å². The first-order chi connectivity index (χ1) is 11.6. The smallest absolute Gasteiger partial charge is 0.272 e. The molecule has 0 fully saturated rings. The van der Waals surface area contributed by atoms with Crippen LogP contribution in [0, 0.1) is 13.8 Å². The Hall–Kier alpha value is -2.51. The predicted molar refractivity (Wildman–Crippen MR) is 98.9 cm³/mol. The first kappa shape index (κ1) is 15.0. The fourth-order valence-electron chi connectivity index (χ4n) is 2.49. The van der Waals surface area contributed by atoms with Crippen molar-refractivity contribution in [2.24, 2.45) is 0 Å². The van der Waals surface area contributed by atoms with Crippen molar-refractivity contribution < 1.29 is 4.79 Å². The van der Waals surface area contributed by atoms with Gasteiger partial charge in [0.1, 0.15) is 5.69 Å². The minimum atomic E-state index is -0.172. The first-order valence-corrected chi connectivity index (χ1v) is 9.07. The number of rotatable bonds is 3. The van der Waals surface area contributed by atoms with Gasteiger partial charge in [0, 0.05) is 22.8 Å². The normalized spacial score (nSPS) is 11.1. The summed E-state index contributed by atoms with van der Waals surface area (Å²) in [6, 6.07) is 7.56. The van der Waals surface area contributed by atoms with Crippen molar-refractivity contribution in [1.82, 2.24) is 15.0 Å². The lowest BCUT2D eigenvalue weighted by Gasteiger charge is -2.03. The number of carbonyl (C=O) groups excluding carboxylic acids is 1. The highest BCUT2D eigenvalue weighted by molar-refractivity contribution is 7.18. The molecule has 0 saturated heterocycles. The van der Waals surface area contributed by atoms with E-state index in [1.165, 1.54) is 0 Å². The van der Waals surface area contributed by atoms with Gasteiger partial charge in [-0.25, -0.2) is 9.97 Å². The molecule has 3 aromatic heterocycles. The van der Waals surface area contributed by atoms with Crippen LogP contribution >= 0.6 is 22.7 Å². The molecule has 0 radical (unpaired) electrons. The van der Waals surface area contributed by atoms with E-state index < -0.39 is 0 Å². The molecule has 0 spiro atoms. The SMILES string of the molecule is Cc1nc(-c2c[nH]c(C(=O)Nc3ccc4nc(C)sc4c3)c2)cs1. The van der Waals surface area contributed by atoms with Crippen LogP contribution in [0.1, 0.15) is 20.5 Å². The number of aromatic amines is 1. The topological polar surface area (TPSA) is 70.7 Å². The van der Waals surface area contributed by atoms with Gasteiger partial charge in [-0.1, -0.05) is 0 Å². The number of nitrogens with zero attached hydrogens (tertiary/aromatic N) is 2. The Morgan fingerprint density at radius 2 is 2.04 bits per heavy atom. The summed E-state index contributed by atoms with van der Waals surface area (Å²) in [5, 5.41) is 6.93. The number of hydrogen-bond donors (Lipinski definition) is 2. The fourth-order valence-corrected chi connectivity index (χ4v) is 3.97. The molecule has 0 aliphatic carbocycles. The fraction of sp³-hybridized carbons (Fsp3) is 0.118. The lowest BCUT2D eigenvalue weighted by molar-refractivity contribution is 0.102. The minimum absolute atomic E-state index is 0.172. The molecule has 0 bridgehead atoms. The molecule has 0 aliphatic rings. The van der Waals surface area contributed by atoms with Crippen LogP contribution in [0.25, 0.3) is 21.5 Å². The molecule has 1 amide bonds. The van der Waals surface area contributed by atoms with Crippen molar-refractivity contribution in [2.45, 2.75) is 13.8 Å². The summed E-state index contributed by atoms with van der Waals surface area (Å²) >= 11 is 3.21. The van der Waals surface area contributed by atoms with Gasteiger partial charge in [-0.15, -0.1) is 22.7 Å². The second kappa shape index (κ2) is 5.85. The standard InChI is InChI=1S/C17H14N4OS2/c1-9-19-15(8-23-9)11-5-14(18-7-11)17(22)21-12-3-4-13-16(6-12)24-10(2)20-13/h3-8,18H,1-2H3,(H,21,22). The maximum absolute atomic E-state index is 12.4. The molecule has 7 heteroatoms. The Labute approximate surface area is 146 Å². The number of aryl methyl sites for hydroxylation is 2. The largest absolute Gasteiger partial charge is 0.357 e. The molecule has 1 aromatic carbocycles. The number of carbonyl (C=O) groups is 1. The number of thiazole rings is 2. The molecule has 0 aliphatic heterocycles. The van der Waals surface area contributed by atoms with Crippen molar-refractivity contribution in [2.75, 3.05) is 5.32 Å². The van der Waals surface area contributed by atoms with Crippen LogP contribution in [0.5, 0.6) is 0 Å². The van der Waals surface area contributed by atoms with Crippen LogP contribution in [0.2, 0.25) is 0 Å². The van der Waals surface area contributed by atoms with Crippen LogP contribution in [0.15, 0.2) is 35.8 Å². The summed E-state index contributed by atoms with van der Waals surface area (Å²) in [4.78, 5) is 24.3. The zero-order chi connectivity index (χ0) is 16.7. The summed E-state index contributed by atoms with van der Waals surface area (Å²) in [5.74, 6) is -0.172. The van der Waals surface area contributed by atoms with E-state index in [-0.39, 0.29) is 5.91 Å². The second-order valence-electron chi connectivity index (χ2n) is 5.42. The predicted octanol–water partition coefficient (Wildman–Crippen LogP) is 4.62. The lowest BCUT2D eigenvalue weighted by atomic mass is 10.2. The quantitative estimate of drug-likeness (QED) is 0.564. The van der Waals surface area contributed by atoms with Gasteiger partial charge in [0.25, 0.3) is 5.91 Å². The molecule has 24 heavy (non-hydrogen) atoms. The van der Waals surface area contributed by atoms with E-state index >= 15 is 0 Å². The highest BCUT2D eigenvalue weighted by atomic mass is 32.1. The number of hydrogen-bond acceptors (Lipinski definition) is 5. The Kier molecular flexibility index (Phi) is 3.66. The van der Waals surface area contributed by atoms with Gasteiger partial charge in [0.15, 0.2) is 0 Å². The number of benzene rings is 1. The number of H-pyrrole nitrogens is 1. The van der Waals surface area contributed by atoms with Crippen LogP contribution in [0.4, 0.5) is 5.69 Å². The van der Waals surface area contributed by atoms with Gasteiger partial charge in [-0.3, -0.25) is 4.79 Å². The summed E-state index contributed by atoms with van der Waals surface area (Å²) in [5.41, 5.74) is 4.02. The Morgan fingerprint density at radius 1 is 1.17 bits per heavy atom. The van der Waals surface area contributed by atoms with Crippen LogP contribution in [0.3, 0.4) is 0 Å². The monoisotopic (exact) mass is 354 g/mol. The molecule has 0 atom stereocenters. The summed E-state index contributed by atoms with van der Waals surface area (Å²) in [6.45, 7) is 3.94. The average molecular weight is 354 g/mol. The lowest BCUT2D eigenvalue weighted by Crippen LogP contribution is -2.11. The van der Waals surface area contributed by atoms with E-state index in [1.807, 2.05) is 43.5 Å². The molecule has 5 nitrogen and oxygen atoms in total. The minimum Gasteiger partial charge on any atom is -0.357 e. The van der Waals surface area contributed by atoms with E-state index in [0.29, 0.717) is 5.69 Å². The first-order valence-electron chi connectivity index (χ1n) is 7.38. The van der Waals surface area contributed by atoms with E-state index in [0.717, 1.165) is 37.2 Å². The molecule has 0 unspecified atom stereocenters. The molecule has 0 saturated carbocycles. The van der Waals surface area contributed by atoms with Crippen LogP contribution in [-0.4, -0.2) is 20.9 Å². The summed E-state index contributed by atoms with van der Waals surface area (Å²) in [6.07, 6.45) is 1.80. The van der Waals surface area contributed by atoms with E-state index in [1.54, 1.807) is 28.9 Å². The van der Waals surface area contributed by atoms with Gasteiger partial charge >= 0.3 is 0 Å². The Balaban J connectivity index is 1.55. The zero-order valence-electron chi connectivity index (χ0n) is 13.1. The van der Waals surface area contributed by atoms with Gasteiger partial charge in [0.05, 0.1) is 25.9 Å². The van der Waals surface area contributed by atoms with Gasteiger partial charge in [-0.05, 0) is 38.1 Å². The van der Waals surface area contributed by atoms with Crippen molar-refractivity contribution in [3.05, 3.63) is 51.6 Å². The molecule has 120 valence electrons. The number of nitrogens with one attached hydrogen (secondary N) is 2. The van der Waals surface area contributed by atoms with Crippen molar-refractivity contribution >= 4 is 44.5 Å². The number of aromatic nitrogens is 3. The second-order valence-corrected chi connectivity index (χ2v) is 7.72. The molecule has 3 heterocycles. The Morgan fingerprint density at radius 3 is 2.83 bits per heavy atom. The van der Waals surface area contributed by atoms with Gasteiger partial charge in [0.2, 0.25) is 0 Å². The molecular weight excluding hydrogens is 340 g/mol. The number of anilines is 1. The number of amides is 1. The highest BCUT2D eigenvalue weighted by Crippen LogP contribution is 2.26. The number of fused-ring (bicyclic) bond motifs is 1. The third-order valence-corrected chi connectivity index (χ3v) is 5.30. The molecule has 2 N–H and O–H groups in total. The molecule has 4 rings (SSSR count). The summed E-state index contributed by atoms with van der Waals surface area (Å²) in [7, 11) is 0. The van der Waals surface area contributed by atoms with E-state index in [4.69, 9.17) is 0 Å². The van der Waals surface area contributed by atoms with Gasteiger partial charge < -0.3 is 10.3 Å². The third-order valence-electron chi connectivity index (χ3n) is 3.60. The average Bonchev–Trinajstić information content (AvgIpc) is 3.24. The van der Waals surface area contributed by atoms with Crippen LogP contribution in [-0.2, 0) is 0 Å². The zero-order valence-corrected chi connectivity index (χ0v) is 14.7. The summed E-state index contributed by atoms with van der Waals surface area (Å²) < 4.78 is 1.07. The van der Waals surface area contributed by atoms with Crippen molar-refractivity contribution in [1.29, 1.82) is 0 Å². The molecule has 4 aromatic rings.